The van der Waals surface area contributed by atoms with E-state index in [4.69, 9.17) is 10.5 Å². The number of ether oxygens (including phenoxy) is 1. The normalized spacial score (nSPS) is 13.0. The van der Waals surface area contributed by atoms with Gasteiger partial charge in [0.05, 0.1) is 7.11 Å². The van der Waals surface area contributed by atoms with Gasteiger partial charge < -0.3 is 15.5 Å². The van der Waals surface area contributed by atoms with Gasteiger partial charge in [-0.2, -0.15) is 0 Å². The molecule has 1 heterocycles. The Labute approximate surface area is 95.6 Å². The molecule has 0 aliphatic carbocycles. The molecule has 2 rings (SSSR count). The summed E-state index contributed by atoms with van der Waals surface area (Å²) in [4.78, 5) is 3.41. The summed E-state index contributed by atoms with van der Waals surface area (Å²) in [6, 6.07) is 6.25. The number of hydrogen-bond acceptors (Lipinski definition) is 2. The zero-order valence-corrected chi connectivity index (χ0v) is 10.0. The van der Waals surface area contributed by atoms with Gasteiger partial charge in [-0.25, -0.2) is 0 Å². The molecule has 2 aromatic rings. The quantitative estimate of drug-likeness (QED) is 0.831. The highest BCUT2D eigenvalue weighted by Gasteiger charge is 2.09. The molecular weight excluding hydrogens is 200 g/mol. The van der Waals surface area contributed by atoms with Crippen molar-refractivity contribution in [1.82, 2.24) is 4.98 Å². The van der Waals surface area contributed by atoms with E-state index >= 15 is 0 Å². The zero-order chi connectivity index (χ0) is 11.7. The second-order valence-electron chi connectivity index (χ2n) is 4.32. The van der Waals surface area contributed by atoms with Crippen LogP contribution in [0.5, 0.6) is 5.75 Å². The first-order chi connectivity index (χ1) is 7.61. The second-order valence-corrected chi connectivity index (χ2v) is 4.32. The van der Waals surface area contributed by atoms with Crippen LogP contribution >= 0.6 is 0 Å². The molecule has 0 fully saturated rings. The van der Waals surface area contributed by atoms with Gasteiger partial charge in [0, 0.05) is 29.1 Å². The van der Waals surface area contributed by atoms with E-state index in [0.29, 0.717) is 0 Å². The number of benzene rings is 1. The van der Waals surface area contributed by atoms with Crippen LogP contribution in [0.4, 0.5) is 0 Å². The molecule has 16 heavy (non-hydrogen) atoms. The number of aryl methyl sites for hydroxylation is 1. The first-order valence-electron chi connectivity index (χ1n) is 5.52. The Hall–Kier alpha value is -1.48. The smallest absolute Gasteiger partial charge is 0.119 e. The van der Waals surface area contributed by atoms with Crippen LogP contribution in [0.2, 0.25) is 0 Å². The molecule has 0 saturated heterocycles. The van der Waals surface area contributed by atoms with E-state index in [0.717, 1.165) is 17.7 Å². The molecule has 0 radical (unpaired) electrons. The lowest BCUT2D eigenvalue weighted by atomic mass is 10.1. The number of fused-ring (bicyclic) bond motifs is 1. The van der Waals surface area contributed by atoms with Crippen LogP contribution in [0.3, 0.4) is 0 Å². The van der Waals surface area contributed by atoms with Crippen molar-refractivity contribution in [2.75, 3.05) is 7.11 Å². The minimum Gasteiger partial charge on any atom is -0.497 e. The van der Waals surface area contributed by atoms with Gasteiger partial charge in [0.15, 0.2) is 0 Å². The van der Waals surface area contributed by atoms with Gasteiger partial charge in [-0.05, 0) is 37.6 Å². The van der Waals surface area contributed by atoms with E-state index in [9.17, 15) is 0 Å². The molecule has 0 aliphatic rings. The fourth-order valence-electron chi connectivity index (χ4n) is 2.01. The van der Waals surface area contributed by atoms with Crippen molar-refractivity contribution in [2.45, 2.75) is 26.3 Å². The van der Waals surface area contributed by atoms with Crippen molar-refractivity contribution in [2.24, 2.45) is 5.73 Å². The first kappa shape index (κ1) is 11.0. The highest BCUT2D eigenvalue weighted by molar-refractivity contribution is 5.85. The third-order valence-electron chi connectivity index (χ3n) is 2.90. The van der Waals surface area contributed by atoms with Crippen molar-refractivity contribution < 1.29 is 4.74 Å². The average molecular weight is 218 g/mol. The van der Waals surface area contributed by atoms with E-state index in [2.05, 4.69) is 18.0 Å². The maximum atomic E-state index is 5.83. The minimum absolute atomic E-state index is 0.175. The first-order valence-corrected chi connectivity index (χ1v) is 5.52. The van der Waals surface area contributed by atoms with Crippen molar-refractivity contribution in [3.05, 3.63) is 29.5 Å². The van der Waals surface area contributed by atoms with Crippen LogP contribution < -0.4 is 10.5 Å². The van der Waals surface area contributed by atoms with Crippen molar-refractivity contribution in [3.63, 3.8) is 0 Å². The predicted octanol–water partition coefficient (Wildman–Crippen LogP) is 2.37. The molecule has 1 aromatic carbocycles. The van der Waals surface area contributed by atoms with Crippen LogP contribution in [0.15, 0.2) is 18.2 Å². The number of methoxy groups -OCH3 is 1. The van der Waals surface area contributed by atoms with Crippen LogP contribution in [0, 0.1) is 6.92 Å². The van der Waals surface area contributed by atoms with E-state index in [1.54, 1.807) is 7.11 Å². The fourth-order valence-corrected chi connectivity index (χ4v) is 2.01. The molecule has 3 nitrogen and oxygen atoms in total. The van der Waals surface area contributed by atoms with E-state index in [1.807, 2.05) is 19.1 Å². The maximum Gasteiger partial charge on any atom is 0.119 e. The van der Waals surface area contributed by atoms with E-state index in [-0.39, 0.29) is 6.04 Å². The van der Waals surface area contributed by atoms with E-state index < -0.39 is 0 Å². The Balaban J connectivity index is 2.50. The van der Waals surface area contributed by atoms with Crippen LogP contribution in [-0.2, 0) is 6.42 Å². The number of nitrogens with two attached hydrogens (primary N) is 1. The number of nitrogens with one attached hydrogen (secondary N) is 1. The molecule has 1 aromatic heterocycles. The molecule has 1 unspecified atom stereocenters. The second kappa shape index (κ2) is 4.18. The number of rotatable bonds is 3. The molecule has 3 N–H and O–H groups in total. The molecule has 1 atom stereocenters. The number of hydrogen-bond donors (Lipinski definition) is 2. The summed E-state index contributed by atoms with van der Waals surface area (Å²) >= 11 is 0. The third-order valence-corrected chi connectivity index (χ3v) is 2.90. The predicted molar refractivity (Wildman–Crippen MR) is 66.9 cm³/mol. The monoisotopic (exact) mass is 218 g/mol. The van der Waals surface area contributed by atoms with Gasteiger partial charge in [-0.1, -0.05) is 0 Å². The molecule has 0 saturated carbocycles. The Morgan fingerprint density at radius 2 is 2.19 bits per heavy atom. The fraction of sp³-hybridized carbons (Fsp3) is 0.385. The highest BCUT2D eigenvalue weighted by Crippen LogP contribution is 2.26. The lowest BCUT2D eigenvalue weighted by Gasteiger charge is -2.03. The molecule has 0 aliphatic heterocycles. The topological polar surface area (TPSA) is 51.0 Å². The van der Waals surface area contributed by atoms with Gasteiger partial charge in [-0.3, -0.25) is 0 Å². The van der Waals surface area contributed by atoms with Crippen molar-refractivity contribution in [1.29, 1.82) is 0 Å². The molecular formula is C13H18N2O. The standard InChI is InChI=1S/C13H18N2O/c1-8(14)6-13-9(2)11-7-10(16-3)4-5-12(11)15-13/h4-5,7-8,15H,6,14H2,1-3H3. The Morgan fingerprint density at radius 3 is 2.81 bits per heavy atom. The van der Waals surface area contributed by atoms with Gasteiger partial charge in [0.1, 0.15) is 5.75 Å². The van der Waals surface area contributed by atoms with Crippen LogP contribution in [0.1, 0.15) is 18.2 Å². The van der Waals surface area contributed by atoms with Crippen molar-refractivity contribution in [3.8, 4) is 5.75 Å². The summed E-state index contributed by atoms with van der Waals surface area (Å²) in [6.07, 6.45) is 0.878. The number of aromatic amines is 1. The molecule has 0 amide bonds. The Kier molecular flexibility index (Phi) is 2.88. The van der Waals surface area contributed by atoms with Crippen LogP contribution in [-0.4, -0.2) is 18.1 Å². The number of aromatic nitrogens is 1. The molecule has 0 bridgehead atoms. The summed E-state index contributed by atoms with van der Waals surface area (Å²) in [7, 11) is 1.69. The largest absolute Gasteiger partial charge is 0.497 e. The average Bonchev–Trinajstić information content (AvgIpc) is 2.55. The zero-order valence-electron chi connectivity index (χ0n) is 10.0. The Morgan fingerprint density at radius 1 is 1.44 bits per heavy atom. The van der Waals surface area contributed by atoms with Gasteiger partial charge >= 0.3 is 0 Å². The summed E-state index contributed by atoms with van der Waals surface area (Å²) in [5.41, 5.74) is 9.46. The highest BCUT2D eigenvalue weighted by atomic mass is 16.5. The third kappa shape index (κ3) is 1.91. The molecule has 86 valence electrons. The summed E-state index contributed by atoms with van der Waals surface area (Å²) in [5.74, 6) is 0.891. The summed E-state index contributed by atoms with van der Waals surface area (Å²) in [5, 5.41) is 1.22. The number of H-pyrrole nitrogens is 1. The summed E-state index contributed by atoms with van der Waals surface area (Å²) in [6.45, 7) is 4.14. The van der Waals surface area contributed by atoms with E-state index in [1.165, 1.54) is 16.6 Å². The van der Waals surface area contributed by atoms with Gasteiger partial charge in [0.25, 0.3) is 0 Å². The van der Waals surface area contributed by atoms with Gasteiger partial charge in [-0.15, -0.1) is 0 Å². The SMILES string of the molecule is COc1ccc2[nH]c(CC(C)N)c(C)c2c1. The van der Waals surface area contributed by atoms with Crippen molar-refractivity contribution >= 4 is 10.9 Å². The minimum atomic E-state index is 0.175. The lowest BCUT2D eigenvalue weighted by molar-refractivity contribution is 0.415. The summed E-state index contributed by atoms with van der Waals surface area (Å²) < 4.78 is 5.23. The van der Waals surface area contributed by atoms with Crippen LogP contribution in [0.25, 0.3) is 10.9 Å². The lowest BCUT2D eigenvalue weighted by Crippen LogP contribution is -2.18. The molecule has 3 heteroatoms. The molecule has 0 spiro atoms. The van der Waals surface area contributed by atoms with Gasteiger partial charge in [0.2, 0.25) is 0 Å². The maximum absolute atomic E-state index is 5.83. The Bertz CT molecular complexity index is 500.